The van der Waals surface area contributed by atoms with Gasteiger partial charge in [0.1, 0.15) is 0 Å². The van der Waals surface area contributed by atoms with Gasteiger partial charge < -0.3 is 5.11 Å². The average Bonchev–Trinajstić information content (AvgIpc) is 2.41. The first-order valence-corrected chi connectivity index (χ1v) is 8.39. The van der Waals surface area contributed by atoms with Crippen LogP contribution in [0.5, 0.6) is 0 Å². The smallest absolute Gasteiger partial charge is 0.336 e. The molecule has 2 aromatic rings. The summed E-state index contributed by atoms with van der Waals surface area (Å²) in [4.78, 5) is 15.6. The van der Waals surface area contributed by atoms with Crippen molar-refractivity contribution in [2.45, 2.75) is 10.6 Å². The standard InChI is InChI=1S/C13H9Br2NO3S/c14-8-2-4-11(13(17)18)12(5-8)20(19)7-10-3-1-9(15)6-16-10/h1-6H,7H2,(H,17,18). The van der Waals surface area contributed by atoms with Gasteiger partial charge >= 0.3 is 5.97 Å². The van der Waals surface area contributed by atoms with Crippen LogP contribution in [0, 0.1) is 0 Å². The van der Waals surface area contributed by atoms with Crippen molar-refractivity contribution in [2.75, 3.05) is 0 Å². The van der Waals surface area contributed by atoms with Crippen LogP contribution in [0.2, 0.25) is 0 Å². The molecule has 0 aliphatic carbocycles. The van der Waals surface area contributed by atoms with Crippen LogP contribution in [0.25, 0.3) is 0 Å². The highest BCUT2D eigenvalue weighted by Crippen LogP contribution is 2.22. The molecule has 0 radical (unpaired) electrons. The van der Waals surface area contributed by atoms with Crippen LogP contribution in [-0.2, 0) is 16.6 Å². The van der Waals surface area contributed by atoms with E-state index in [9.17, 15) is 9.00 Å². The van der Waals surface area contributed by atoms with E-state index in [4.69, 9.17) is 5.11 Å². The zero-order valence-electron chi connectivity index (χ0n) is 10.0. The quantitative estimate of drug-likeness (QED) is 0.823. The van der Waals surface area contributed by atoms with Gasteiger partial charge in [0.2, 0.25) is 0 Å². The molecule has 0 bridgehead atoms. The Labute approximate surface area is 135 Å². The number of hydrogen-bond acceptors (Lipinski definition) is 3. The summed E-state index contributed by atoms with van der Waals surface area (Å²) < 4.78 is 13.9. The Morgan fingerprint density at radius 3 is 2.50 bits per heavy atom. The summed E-state index contributed by atoms with van der Waals surface area (Å²) in [5.74, 6) is -0.922. The molecule has 0 amide bonds. The summed E-state index contributed by atoms with van der Waals surface area (Å²) in [6.45, 7) is 0. The summed E-state index contributed by atoms with van der Waals surface area (Å²) in [6, 6.07) is 8.17. The molecule has 1 atom stereocenters. The maximum atomic E-state index is 12.4. The van der Waals surface area contributed by atoms with Gasteiger partial charge in [0.15, 0.2) is 0 Å². The van der Waals surface area contributed by atoms with E-state index < -0.39 is 16.8 Å². The fourth-order valence-electron chi connectivity index (χ4n) is 1.57. The van der Waals surface area contributed by atoms with E-state index in [2.05, 4.69) is 36.8 Å². The van der Waals surface area contributed by atoms with Gasteiger partial charge in [0.25, 0.3) is 0 Å². The van der Waals surface area contributed by atoms with Crippen molar-refractivity contribution < 1.29 is 14.1 Å². The Morgan fingerprint density at radius 2 is 1.90 bits per heavy atom. The van der Waals surface area contributed by atoms with Crippen LogP contribution in [0.4, 0.5) is 0 Å². The van der Waals surface area contributed by atoms with Crippen molar-refractivity contribution in [3.63, 3.8) is 0 Å². The lowest BCUT2D eigenvalue weighted by Gasteiger charge is -2.07. The Kier molecular flexibility index (Phi) is 5.06. The van der Waals surface area contributed by atoms with Crippen LogP contribution < -0.4 is 0 Å². The number of carbonyl (C=O) groups is 1. The Morgan fingerprint density at radius 1 is 1.20 bits per heavy atom. The predicted molar refractivity (Wildman–Crippen MR) is 83.2 cm³/mol. The van der Waals surface area contributed by atoms with Crippen LogP contribution >= 0.6 is 31.9 Å². The molecular formula is C13H9Br2NO3S. The molecule has 0 fully saturated rings. The van der Waals surface area contributed by atoms with E-state index >= 15 is 0 Å². The van der Waals surface area contributed by atoms with Crippen molar-refractivity contribution in [1.82, 2.24) is 4.98 Å². The van der Waals surface area contributed by atoms with E-state index in [1.807, 2.05) is 0 Å². The lowest BCUT2D eigenvalue weighted by atomic mass is 10.2. The Bertz CT molecular complexity index is 674. The first-order valence-electron chi connectivity index (χ1n) is 5.49. The molecular weight excluding hydrogens is 410 g/mol. The molecule has 1 aromatic carbocycles. The number of carboxylic acid groups (broad SMARTS) is 1. The lowest BCUT2D eigenvalue weighted by Crippen LogP contribution is -2.06. The van der Waals surface area contributed by atoms with Gasteiger partial charge in [0, 0.05) is 15.1 Å². The van der Waals surface area contributed by atoms with Gasteiger partial charge in [-0.2, -0.15) is 0 Å². The van der Waals surface area contributed by atoms with Crippen LogP contribution in [0.3, 0.4) is 0 Å². The van der Waals surface area contributed by atoms with E-state index in [1.165, 1.54) is 6.07 Å². The number of halogens is 2. The first-order chi connectivity index (χ1) is 9.47. The second kappa shape index (κ2) is 6.60. The fraction of sp³-hybridized carbons (Fsp3) is 0.0769. The molecule has 0 spiro atoms. The minimum absolute atomic E-state index is 0.0450. The topological polar surface area (TPSA) is 67.3 Å². The molecule has 0 saturated heterocycles. The van der Waals surface area contributed by atoms with Crippen molar-refractivity contribution in [2.24, 2.45) is 0 Å². The van der Waals surface area contributed by atoms with E-state index in [0.717, 1.165) is 4.47 Å². The minimum Gasteiger partial charge on any atom is -0.478 e. The SMILES string of the molecule is O=C(O)c1ccc(Br)cc1S(=O)Cc1ccc(Br)cn1. The average molecular weight is 419 g/mol. The number of carboxylic acids is 1. The summed E-state index contributed by atoms with van der Waals surface area (Å²) in [5, 5.41) is 9.14. The van der Waals surface area contributed by atoms with E-state index in [-0.39, 0.29) is 16.2 Å². The van der Waals surface area contributed by atoms with E-state index in [0.29, 0.717) is 10.2 Å². The summed E-state index contributed by atoms with van der Waals surface area (Å²) >= 11 is 6.53. The Balaban J connectivity index is 2.31. The highest BCUT2D eigenvalue weighted by atomic mass is 79.9. The van der Waals surface area contributed by atoms with Crippen molar-refractivity contribution in [3.8, 4) is 0 Å². The van der Waals surface area contributed by atoms with Crippen molar-refractivity contribution in [3.05, 3.63) is 56.7 Å². The summed E-state index contributed by atoms with van der Waals surface area (Å²) in [5.41, 5.74) is 0.687. The third-order valence-corrected chi connectivity index (χ3v) is 4.84. The fourth-order valence-corrected chi connectivity index (χ4v) is 3.57. The maximum absolute atomic E-state index is 12.4. The number of aromatic nitrogens is 1. The summed E-state index contributed by atoms with van der Waals surface area (Å²) in [7, 11) is -1.47. The number of rotatable bonds is 4. The molecule has 1 unspecified atom stereocenters. The van der Waals surface area contributed by atoms with Gasteiger partial charge in [-0.1, -0.05) is 15.9 Å². The number of nitrogens with zero attached hydrogens (tertiary/aromatic N) is 1. The molecule has 2 rings (SSSR count). The lowest BCUT2D eigenvalue weighted by molar-refractivity contribution is 0.0693. The monoisotopic (exact) mass is 417 g/mol. The van der Waals surface area contributed by atoms with Crippen molar-refractivity contribution in [1.29, 1.82) is 0 Å². The van der Waals surface area contributed by atoms with E-state index in [1.54, 1.807) is 30.5 Å². The highest BCUT2D eigenvalue weighted by molar-refractivity contribution is 9.10. The molecule has 1 heterocycles. The summed E-state index contributed by atoms with van der Waals surface area (Å²) in [6.07, 6.45) is 1.62. The molecule has 4 nitrogen and oxygen atoms in total. The van der Waals surface area contributed by atoms with Crippen molar-refractivity contribution >= 4 is 48.6 Å². The number of hydrogen-bond donors (Lipinski definition) is 1. The van der Waals surface area contributed by atoms with Crippen LogP contribution in [0.15, 0.2) is 50.4 Å². The van der Waals surface area contributed by atoms with Gasteiger partial charge in [-0.25, -0.2) is 4.79 Å². The first kappa shape index (κ1) is 15.3. The zero-order chi connectivity index (χ0) is 14.7. The highest BCUT2D eigenvalue weighted by Gasteiger charge is 2.16. The van der Waals surface area contributed by atoms with Gasteiger partial charge in [-0.3, -0.25) is 9.19 Å². The normalized spacial score (nSPS) is 12.1. The second-order valence-corrected chi connectivity index (χ2v) is 7.15. The predicted octanol–water partition coefficient (Wildman–Crippen LogP) is 3.61. The van der Waals surface area contributed by atoms with Crippen LogP contribution in [0.1, 0.15) is 16.1 Å². The molecule has 1 aromatic heterocycles. The molecule has 1 N–H and O–H groups in total. The Hall–Kier alpha value is -1.05. The molecule has 7 heteroatoms. The molecule has 104 valence electrons. The number of benzene rings is 1. The molecule has 0 aliphatic heterocycles. The third-order valence-electron chi connectivity index (χ3n) is 2.49. The third kappa shape index (κ3) is 3.74. The second-order valence-electron chi connectivity index (χ2n) is 3.90. The maximum Gasteiger partial charge on any atom is 0.336 e. The molecule has 0 saturated carbocycles. The van der Waals surface area contributed by atoms with Crippen LogP contribution in [-0.4, -0.2) is 20.3 Å². The minimum atomic E-state index is -1.47. The largest absolute Gasteiger partial charge is 0.478 e. The zero-order valence-corrected chi connectivity index (χ0v) is 14.0. The molecule has 0 aliphatic rings. The van der Waals surface area contributed by atoms with Gasteiger partial charge in [-0.15, -0.1) is 0 Å². The van der Waals surface area contributed by atoms with Gasteiger partial charge in [-0.05, 0) is 46.3 Å². The number of aromatic carboxylic acids is 1. The molecule has 20 heavy (non-hydrogen) atoms. The van der Waals surface area contributed by atoms with Gasteiger partial charge in [0.05, 0.1) is 32.7 Å². The number of pyridine rings is 1.